The quantitative estimate of drug-likeness (QED) is 0.445. The molecule has 0 radical (unpaired) electrons. The highest BCUT2D eigenvalue weighted by Gasteiger charge is 2.22. The predicted molar refractivity (Wildman–Crippen MR) is 117 cm³/mol. The zero-order valence-electron chi connectivity index (χ0n) is 16.0. The second kappa shape index (κ2) is 8.30. The van der Waals surface area contributed by atoms with Crippen molar-refractivity contribution in [1.82, 2.24) is 9.97 Å². The molecule has 2 aromatic carbocycles. The summed E-state index contributed by atoms with van der Waals surface area (Å²) < 4.78 is 34.6. The molecule has 0 bridgehead atoms. The zero-order chi connectivity index (χ0) is 21.1. The van der Waals surface area contributed by atoms with Crippen LogP contribution in [0, 0.1) is 0 Å². The first-order valence-electron chi connectivity index (χ1n) is 9.18. The molecule has 0 spiro atoms. The minimum Gasteiger partial charge on any atom is -0.468 e. The smallest absolute Gasteiger partial charge is 0.263 e. The van der Waals surface area contributed by atoms with Crippen molar-refractivity contribution in [1.29, 1.82) is 0 Å². The van der Waals surface area contributed by atoms with Gasteiger partial charge in [-0.15, -0.1) is 0 Å². The third kappa shape index (κ3) is 4.22. The van der Waals surface area contributed by atoms with Crippen molar-refractivity contribution < 1.29 is 13.2 Å². The molecule has 152 valence electrons. The van der Waals surface area contributed by atoms with Gasteiger partial charge in [-0.1, -0.05) is 48.0 Å². The molecule has 0 saturated carbocycles. The molecular weight excluding hydrogens is 422 g/mol. The number of fused-ring (bicyclic) bond motifs is 1. The molecule has 30 heavy (non-hydrogen) atoms. The molecule has 0 saturated heterocycles. The van der Waals surface area contributed by atoms with Gasteiger partial charge in [0.25, 0.3) is 10.0 Å². The summed E-state index contributed by atoms with van der Waals surface area (Å²) in [6, 6.07) is 19.0. The molecule has 1 atom stereocenters. The number of hydrogen-bond acceptors (Lipinski definition) is 5. The first-order valence-corrected chi connectivity index (χ1v) is 11.0. The summed E-state index contributed by atoms with van der Waals surface area (Å²) in [5, 5.41) is 0.903. The Bertz CT molecular complexity index is 1300. The van der Waals surface area contributed by atoms with Crippen molar-refractivity contribution in [2.24, 2.45) is 0 Å². The second-order valence-corrected chi connectivity index (χ2v) is 8.67. The van der Waals surface area contributed by atoms with Crippen molar-refractivity contribution in [3.8, 4) is 5.88 Å². The predicted octanol–water partition coefficient (Wildman–Crippen LogP) is 5.22. The molecule has 2 aromatic heterocycles. The maximum atomic E-state index is 13.0. The van der Waals surface area contributed by atoms with E-state index >= 15 is 0 Å². The van der Waals surface area contributed by atoms with E-state index in [0.29, 0.717) is 5.52 Å². The number of hydrogen-bond donors (Lipinski definition) is 1. The van der Waals surface area contributed by atoms with Crippen LogP contribution >= 0.6 is 11.6 Å². The lowest BCUT2D eigenvalue weighted by Gasteiger charge is -2.18. The van der Waals surface area contributed by atoms with Crippen molar-refractivity contribution in [3.63, 3.8) is 0 Å². The van der Waals surface area contributed by atoms with Gasteiger partial charge in [0.05, 0.1) is 10.5 Å². The van der Waals surface area contributed by atoms with Crippen LogP contribution in [0.15, 0.2) is 84.0 Å². The number of anilines is 1. The van der Waals surface area contributed by atoms with E-state index in [9.17, 15) is 8.42 Å². The van der Waals surface area contributed by atoms with Gasteiger partial charge in [0.15, 0.2) is 0 Å². The Balaban J connectivity index is 1.76. The third-order valence-corrected chi connectivity index (χ3v) is 6.37. The van der Waals surface area contributed by atoms with Crippen LogP contribution in [-0.2, 0) is 10.0 Å². The Hall–Kier alpha value is -3.16. The Kier molecular flexibility index (Phi) is 5.57. The molecule has 2 heterocycles. The molecule has 0 aliphatic heterocycles. The Morgan fingerprint density at radius 1 is 1.03 bits per heavy atom. The van der Waals surface area contributed by atoms with Crippen molar-refractivity contribution in [3.05, 3.63) is 89.7 Å². The van der Waals surface area contributed by atoms with Crippen LogP contribution < -0.4 is 9.46 Å². The van der Waals surface area contributed by atoms with Crippen molar-refractivity contribution in [2.75, 3.05) is 4.72 Å². The molecule has 8 heteroatoms. The fourth-order valence-corrected chi connectivity index (χ4v) is 4.54. The normalized spacial score (nSPS) is 12.5. The summed E-state index contributed by atoms with van der Waals surface area (Å²) in [4.78, 5) is 8.62. The summed E-state index contributed by atoms with van der Waals surface area (Å²) in [6.07, 6.45) is 2.98. The van der Waals surface area contributed by atoms with Gasteiger partial charge in [-0.3, -0.25) is 9.71 Å². The molecule has 0 aliphatic carbocycles. The van der Waals surface area contributed by atoms with Crippen molar-refractivity contribution >= 4 is 38.2 Å². The molecule has 6 nitrogen and oxygen atoms in total. The van der Waals surface area contributed by atoms with Gasteiger partial charge in [-0.05, 0) is 37.3 Å². The molecule has 0 aliphatic rings. The third-order valence-electron chi connectivity index (χ3n) is 4.50. The van der Waals surface area contributed by atoms with E-state index in [1.54, 1.807) is 30.6 Å². The first-order chi connectivity index (χ1) is 14.4. The number of benzene rings is 2. The minimum atomic E-state index is -3.95. The van der Waals surface area contributed by atoms with Crippen molar-refractivity contribution in [2.45, 2.75) is 17.9 Å². The topological polar surface area (TPSA) is 81.2 Å². The van der Waals surface area contributed by atoms with Gasteiger partial charge in [0.1, 0.15) is 16.7 Å². The van der Waals surface area contributed by atoms with E-state index in [-0.39, 0.29) is 21.5 Å². The lowest BCUT2D eigenvalue weighted by molar-refractivity contribution is 0.219. The fourth-order valence-electron chi connectivity index (χ4n) is 2.98. The molecule has 4 rings (SSSR count). The summed E-state index contributed by atoms with van der Waals surface area (Å²) in [5.41, 5.74) is 1.75. The summed E-state index contributed by atoms with van der Waals surface area (Å²) in [6.45, 7) is 1.85. The maximum absolute atomic E-state index is 13.0. The molecule has 0 fully saturated rings. The number of halogens is 1. The minimum absolute atomic E-state index is 0.0221. The molecule has 1 unspecified atom stereocenters. The Labute approximate surface area is 179 Å². The molecule has 4 aromatic rings. The van der Waals surface area contributed by atoms with Crippen LogP contribution in [0.25, 0.3) is 10.9 Å². The number of nitrogens with zero attached hydrogens (tertiary/aromatic N) is 2. The van der Waals surface area contributed by atoms with Crippen LogP contribution in [0.1, 0.15) is 18.6 Å². The van der Waals surface area contributed by atoms with Gasteiger partial charge in [0.2, 0.25) is 5.88 Å². The van der Waals surface area contributed by atoms with Crippen LogP contribution in [0.2, 0.25) is 5.02 Å². The largest absolute Gasteiger partial charge is 0.468 e. The van der Waals surface area contributed by atoms with E-state index in [4.69, 9.17) is 16.3 Å². The van der Waals surface area contributed by atoms with E-state index < -0.39 is 16.1 Å². The number of pyridine rings is 2. The van der Waals surface area contributed by atoms with Gasteiger partial charge in [-0.2, -0.15) is 0 Å². The highest BCUT2D eigenvalue weighted by Crippen LogP contribution is 2.33. The zero-order valence-corrected chi connectivity index (χ0v) is 17.6. The lowest BCUT2D eigenvalue weighted by Crippen LogP contribution is -2.15. The van der Waals surface area contributed by atoms with Gasteiger partial charge < -0.3 is 4.74 Å². The number of rotatable bonds is 6. The summed E-state index contributed by atoms with van der Waals surface area (Å²) in [7, 11) is -3.95. The van der Waals surface area contributed by atoms with E-state index in [0.717, 1.165) is 10.9 Å². The van der Waals surface area contributed by atoms with Gasteiger partial charge in [0, 0.05) is 23.3 Å². The molecular formula is C22H18ClN3O3S. The average Bonchev–Trinajstić information content (AvgIpc) is 2.74. The van der Waals surface area contributed by atoms with E-state index in [1.165, 1.54) is 12.1 Å². The van der Waals surface area contributed by atoms with E-state index in [1.807, 2.05) is 43.3 Å². The lowest BCUT2D eigenvalue weighted by atomic mass is 10.2. The number of ether oxygens (including phenoxy) is 1. The van der Waals surface area contributed by atoms with E-state index in [2.05, 4.69) is 14.7 Å². The average molecular weight is 440 g/mol. The first kappa shape index (κ1) is 20.1. The van der Waals surface area contributed by atoms with Crippen LogP contribution in [0.4, 0.5) is 5.69 Å². The number of aromatic nitrogens is 2. The number of para-hydroxylation sites is 1. The number of nitrogens with one attached hydrogen (secondary N) is 1. The Morgan fingerprint density at radius 2 is 1.80 bits per heavy atom. The monoisotopic (exact) mass is 439 g/mol. The van der Waals surface area contributed by atoms with Crippen LogP contribution in [0.5, 0.6) is 5.88 Å². The highest BCUT2D eigenvalue weighted by molar-refractivity contribution is 7.92. The van der Waals surface area contributed by atoms with Gasteiger partial charge >= 0.3 is 0 Å². The maximum Gasteiger partial charge on any atom is 0.263 e. The number of sulfonamides is 1. The van der Waals surface area contributed by atoms with Crippen LogP contribution in [0.3, 0.4) is 0 Å². The highest BCUT2D eigenvalue weighted by atomic mass is 35.5. The Morgan fingerprint density at radius 3 is 2.57 bits per heavy atom. The van der Waals surface area contributed by atoms with Gasteiger partial charge in [-0.25, -0.2) is 13.4 Å². The molecule has 0 amide bonds. The standard InChI is InChI=1S/C22H18ClN3O3S/c1-15(17-8-6-12-24-14-17)29-22-20(13-16-7-2-4-10-19(16)25-22)26-30(27,28)21-11-5-3-9-18(21)23/h2-15,26H,1H3. The SMILES string of the molecule is CC(Oc1nc2ccccc2cc1NS(=O)(=O)c1ccccc1Cl)c1cccnc1. The van der Waals surface area contributed by atoms with Crippen LogP contribution in [-0.4, -0.2) is 18.4 Å². The fraction of sp³-hybridized carbons (Fsp3) is 0.0909. The molecule has 1 N–H and O–H groups in total. The summed E-state index contributed by atoms with van der Waals surface area (Å²) >= 11 is 6.10. The summed E-state index contributed by atoms with van der Waals surface area (Å²) in [5.74, 6) is 0.167. The second-order valence-electron chi connectivity index (χ2n) is 6.62.